The van der Waals surface area contributed by atoms with Gasteiger partial charge in [-0.25, -0.2) is 14.3 Å². The van der Waals surface area contributed by atoms with E-state index in [4.69, 9.17) is 4.84 Å². The average molecular weight is 404 g/mol. The molecule has 6 nitrogen and oxygen atoms in total. The van der Waals surface area contributed by atoms with Gasteiger partial charge < -0.3 is 4.84 Å². The first-order valence-corrected chi connectivity index (χ1v) is 8.29. The van der Waals surface area contributed by atoms with Gasteiger partial charge in [-0.1, -0.05) is 11.2 Å². The lowest BCUT2D eigenvalue weighted by Gasteiger charge is -2.19. The number of anilines is 1. The van der Waals surface area contributed by atoms with E-state index in [9.17, 15) is 14.0 Å². The molecule has 2 amide bonds. The standard InChI is InChI=1S/C17H11BrFN3O3/c18-14-3-1-2-12(20-14)13-8-17(25-21-13)9-15(23)22(16(17)24)11-6-4-10(19)5-7-11/h1-7H,8-9H2. The number of nitrogens with zero attached hydrogens (tertiary/aromatic N) is 3. The summed E-state index contributed by atoms with van der Waals surface area (Å²) in [6.07, 6.45) is 0.0307. The number of rotatable bonds is 2. The van der Waals surface area contributed by atoms with Gasteiger partial charge in [-0.15, -0.1) is 0 Å². The van der Waals surface area contributed by atoms with Crippen LogP contribution < -0.4 is 4.90 Å². The fourth-order valence-electron chi connectivity index (χ4n) is 2.96. The van der Waals surface area contributed by atoms with E-state index in [1.54, 1.807) is 18.2 Å². The van der Waals surface area contributed by atoms with Crippen LogP contribution in [0.15, 0.2) is 52.2 Å². The first kappa shape index (κ1) is 15.9. The van der Waals surface area contributed by atoms with E-state index in [0.29, 0.717) is 21.7 Å². The highest BCUT2D eigenvalue weighted by molar-refractivity contribution is 9.10. The number of imide groups is 1. The first-order valence-electron chi connectivity index (χ1n) is 7.49. The number of carbonyl (C=O) groups is 2. The first-order chi connectivity index (χ1) is 12.0. The van der Waals surface area contributed by atoms with E-state index in [-0.39, 0.29) is 12.8 Å². The van der Waals surface area contributed by atoms with Crippen molar-refractivity contribution in [2.75, 3.05) is 4.90 Å². The lowest BCUT2D eigenvalue weighted by atomic mass is 9.94. The number of carbonyl (C=O) groups excluding carboxylic acids is 2. The summed E-state index contributed by atoms with van der Waals surface area (Å²) in [6.45, 7) is 0. The van der Waals surface area contributed by atoms with Crippen molar-refractivity contribution < 1.29 is 18.8 Å². The second-order valence-electron chi connectivity index (χ2n) is 5.83. The Balaban J connectivity index is 1.61. The molecule has 0 saturated carbocycles. The fourth-order valence-corrected chi connectivity index (χ4v) is 3.30. The summed E-state index contributed by atoms with van der Waals surface area (Å²) in [6, 6.07) is 10.5. The van der Waals surface area contributed by atoms with Gasteiger partial charge in [-0.2, -0.15) is 0 Å². The highest BCUT2D eigenvalue weighted by atomic mass is 79.9. The largest absolute Gasteiger partial charge is 0.378 e. The predicted molar refractivity (Wildman–Crippen MR) is 90.4 cm³/mol. The number of aromatic nitrogens is 1. The Hall–Kier alpha value is -2.61. The summed E-state index contributed by atoms with van der Waals surface area (Å²) in [4.78, 5) is 36.0. The summed E-state index contributed by atoms with van der Waals surface area (Å²) in [7, 11) is 0. The van der Waals surface area contributed by atoms with Gasteiger partial charge in [-0.05, 0) is 52.3 Å². The molecule has 25 heavy (non-hydrogen) atoms. The molecule has 1 aromatic carbocycles. The second kappa shape index (κ2) is 5.73. The van der Waals surface area contributed by atoms with Crippen LogP contribution in [0.5, 0.6) is 0 Å². The van der Waals surface area contributed by atoms with Crippen molar-refractivity contribution in [2.24, 2.45) is 5.16 Å². The van der Waals surface area contributed by atoms with Gasteiger partial charge in [0.05, 0.1) is 17.8 Å². The van der Waals surface area contributed by atoms with E-state index < -0.39 is 23.2 Å². The van der Waals surface area contributed by atoms with Crippen LogP contribution in [0.2, 0.25) is 0 Å². The summed E-state index contributed by atoms with van der Waals surface area (Å²) in [5, 5.41) is 3.98. The van der Waals surface area contributed by atoms with Crippen molar-refractivity contribution in [1.82, 2.24) is 4.98 Å². The topological polar surface area (TPSA) is 71.9 Å². The molecule has 1 saturated heterocycles. The van der Waals surface area contributed by atoms with Crippen LogP contribution in [0.1, 0.15) is 18.5 Å². The van der Waals surface area contributed by atoms with Crippen molar-refractivity contribution >= 4 is 39.1 Å². The van der Waals surface area contributed by atoms with Gasteiger partial charge in [0, 0.05) is 6.42 Å². The Morgan fingerprint density at radius 3 is 2.60 bits per heavy atom. The van der Waals surface area contributed by atoms with Crippen molar-refractivity contribution in [1.29, 1.82) is 0 Å². The van der Waals surface area contributed by atoms with Crippen LogP contribution in [0.3, 0.4) is 0 Å². The van der Waals surface area contributed by atoms with E-state index in [1.165, 1.54) is 24.3 Å². The zero-order valence-electron chi connectivity index (χ0n) is 12.8. The number of oxime groups is 1. The zero-order valence-corrected chi connectivity index (χ0v) is 14.4. The summed E-state index contributed by atoms with van der Waals surface area (Å²) in [5.74, 6) is -1.35. The van der Waals surface area contributed by atoms with Crippen molar-refractivity contribution in [3.63, 3.8) is 0 Å². The number of benzene rings is 1. The lowest BCUT2D eigenvalue weighted by molar-refractivity contribution is -0.136. The minimum atomic E-state index is -1.36. The van der Waals surface area contributed by atoms with E-state index in [0.717, 1.165) is 4.90 Å². The average Bonchev–Trinajstić information content (AvgIpc) is 3.11. The molecule has 0 aliphatic carbocycles. The molecule has 0 N–H and O–H groups in total. The number of pyridine rings is 1. The lowest BCUT2D eigenvalue weighted by Crippen LogP contribution is -2.40. The Labute approximate surface area is 150 Å². The molecule has 1 unspecified atom stereocenters. The van der Waals surface area contributed by atoms with Gasteiger partial charge in [-0.3, -0.25) is 9.59 Å². The maximum absolute atomic E-state index is 13.1. The Morgan fingerprint density at radius 2 is 1.88 bits per heavy atom. The predicted octanol–water partition coefficient (Wildman–Crippen LogP) is 2.81. The minimum absolute atomic E-state index is 0.121. The fraction of sp³-hybridized carbons (Fsp3) is 0.176. The maximum Gasteiger partial charge on any atom is 0.281 e. The molecule has 2 aliphatic rings. The molecule has 1 aromatic heterocycles. The molecule has 0 bridgehead atoms. The second-order valence-corrected chi connectivity index (χ2v) is 6.65. The summed E-state index contributed by atoms with van der Waals surface area (Å²) < 4.78 is 13.7. The highest BCUT2D eigenvalue weighted by Gasteiger charge is 2.58. The minimum Gasteiger partial charge on any atom is -0.378 e. The van der Waals surface area contributed by atoms with Crippen molar-refractivity contribution in [3.8, 4) is 0 Å². The molecule has 2 aromatic rings. The third kappa shape index (κ3) is 2.62. The SMILES string of the molecule is O=C1CC2(CC(c3cccc(Br)n3)=NO2)C(=O)N1c1ccc(F)cc1. The number of hydrogen-bond acceptors (Lipinski definition) is 5. The zero-order chi connectivity index (χ0) is 17.6. The molecule has 8 heteroatoms. The number of halogens is 2. The van der Waals surface area contributed by atoms with Gasteiger partial charge >= 0.3 is 0 Å². The van der Waals surface area contributed by atoms with Crippen LogP contribution in [0.25, 0.3) is 0 Å². The van der Waals surface area contributed by atoms with Gasteiger partial charge in [0.1, 0.15) is 16.1 Å². The van der Waals surface area contributed by atoms with Gasteiger partial charge in [0.2, 0.25) is 11.5 Å². The smallest absolute Gasteiger partial charge is 0.281 e. The van der Waals surface area contributed by atoms with E-state index in [2.05, 4.69) is 26.1 Å². The molecule has 1 atom stereocenters. The third-order valence-electron chi connectivity index (χ3n) is 4.16. The quantitative estimate of drug-likeness (QED) is 0.570. The van der Waals surface area contributed by atoms with Gasteiger partial charge in [0.25, 0.3) is 5.91 Å². The van der Waals surface area contributed by atoms with Gasteiger partial charge in [0.15, 0.2) is 0 Å². The van der Waals surface area contributed by atoms with E-state index in [1.807, 2.05) is 0 Å². The molecule has 0 radical (unpaired) electrons. The monoisotopic (exact) mass is 403 g/mol. The van der Waals surface area contributed by atoms with Crippen LogP contribution in [-0.4, -0.2) is 28.1 Å². The number of amides is 2. The normalized spacial score (nSPS) is 22.5. The maximum atomic E-state index is 13.1. The molecule has 4 rings (SSSR count). The molecule has 2 aliphatic heterocycles. The third-order valence-corrected chi connectivity index (χ3v) is 4.60. The van der Waals surface area contributed by atoms with Crippen LogP contribution >= 0.6 is 15.9 Å². The molecule has 1 fully saturated rings. The van der Waals surface area contributed by atoms with Crippen molar-refractivity contribution in [3.05, 3.63) is 58.6 Å². The molecule has 1 spiro atoms. The summed E-state index contributed by atoms with van der Waals surface area (Å²) >= 11 is 3.28. The van der Waals surface area contributed by atoms with Crippen LogP contribution in [-0.2, 0) is 14.4 Å². The van der Waals surface area contributed by atoms with E-state index >= 15 is 0 Å². The van der Waals surface area contributed by atoms with Crippen LogP contribution in [0, 0.1) is 5.82 Å². The van der Waals surface area contributed by atoms with Crippen LogP contribution in [0.4, 0.5) is 10.1 Å². The molecular formula is C17H11BrFN3O3. The molecule has 3 heterocycles. The number of hydrogen-bond donors (Lipinski definition) is 0. The molecule has 126 valence electrons. The molecular weight excluding hydrogens is 393 g/mol. The Kier molecular flexibility index (Phi) is 3.64. The Morgan fingerprint density at radius 1 is 1.12 bits per heavy atom. The summed E-state index contributed by atoms with van der Waals surface area (Å²) in [5.41, 5.74) is 0.0335. The van der Waals surface area contributed by atoms with Crippen molar-refractivity contribution in [2.45, 2.75) is 18.4 Å². The highest BCUT2D eigenvalue weighted by Crippen LogP contribution is 2.39. The Bertz CT molecular complexity index is 916.